The number of hydrogen-bond acceptors (Lipinski definition) is 5. The van der Waals surface area contributed by atoms with E-state index < -0.39 is 17.7 Å². The molecule has 0 radical (unpaired) electrons. The van der Waals surface area contributed by atoms with E-state index in [0.29, 0.717) is 17.7 Å². The van der Waals surface area contributed by atoms with Gasteiger partial charge in [0.05, 0.1) is 11.5 Å². The fourth-order valence-electron chi connectivity index (χ4n) is 3.98. The number of carboxylic acids is 1. The van der Waals surface area contributed by atoms with Gasteiger partial charge in [-0.25, -0.2) is 4.79 Å². The third-order valence-corrected chi connectivity index (χ3v) is 6.24. The molecule has 2 aliphatic rings. The van der Waals surface area contributed by atoms with Gasteiger partial charge in [-0.2, -0.15) is 0 Å². The fraction of sp³-hybridized carbons (Fsp3) is 0.400. The van der Waals surface area contributed by atoms with Crippen LogP contribution < -0.4 is 0 Å². The van der Waals surface area contributed by atoms with Gasteiger partial charge < -0.3 is 9.84 Å². The number of benzene rings is 1. The Bertz CT molecular complexity index is 801. The van der Waals surface area contributed by atoms with Crippen LogP contribution in [0.5, 0.6) is 0 Å². The molecule has 1 atom stereocenters. The average molecular weight is 386 g/mol. The molecule has 2 aliphatic heterocycles. The molecule has 0 aliphatic carbocycles. The monoisotopic (exact) mass is 386 g/mol. The number of thiophene rings is 1. The molecule has 0 unspecified atom stereocenters. The van der Waals surface area contributed by atoms with E-state index in [-0.39, 0.29) is 12.5 Å². The maximum atomic E-state index is 13.0. The molecule has 0 bridgehead atoms. The summed E-state index contributed by atoms with van der Waals surface area (Å²) in [4.78, 5) is 29.2. The van der Waals surface area contributed by atoms with Gasteiger partial charge in [-0.3, -0.25) is 14.6 Å². The summed E-state index contributed by atoms with van der Waals surface area (Å²) in [5.41, 5.74) is 0.424. The molecular weight excluding hydrogens is 364 g/mol. The topological polar surface area (TPSA) is 70.1 Å². The minimum absolute atomic E-state index is 0.0468. The van der Waals surface area contributed by atoms with Crippen molar-refractivity contribution in [1.29, 1.82) is 0 Å². The van der Waals surface area contributed by atoms with Gasteiger partial charge in [0.1, 0.15) is 5.72 Å². The number of ether oxygens (including phenoxy) is 1. The molecule has 4 rings (SSSR count). The minimum atomic E-state index is -1.01. The van der Waals surface area contributed by atoms with E-state index in [0.717, 1.165) is 19.6 Å². The van der Waals surface area contributed by atoms with Crippen molar-refractivity contribution in [3.63, 3.8) is 0 Å². The second kappa shape index (κ2) is 7.42. The van der Waals surface area contributed by atoms with Gasteiger partial charge >= 0.3 is 5.97 Å². The van der Waals surface area contributed by atoms with E-state index in [2.05, 4.69) is 17.0 Å². The van der Waals surface area contributed by atoms with Crippen LogP contribution in [0.2, 0.25) is 0 Å². The quantitative estimate of drug-likeness (QED) is 0.875. The van der Waals surface area contributed by atoms with Crippen LogP contribution in [0.15, 0.2) is 47.8 Å². The summed E-state index contributed by atoms with van der Waals surface area (Å²) < 4.78 is 5.99. The lowest BCUT2D eigenvalue weighted by molar-refractivity contribution is -0.144. The number of carbonyl (C=O) groups excluding carboxylic acids is 1. The molecule has 7 heteroatoms. The van der Waals surface area contributed by atoms with Gasteiger partial charge in [-0.05, 0) is 17.0 Å². The average Bonchev–Trinajstić information content (AvgIpc) is 3.33. The second-order valence-electron chi connectivity index (χ2n) is 7.03. The Morgan fingerprint density at radius 2 is 1.89 bits per heavy atom. The van der Waals surface area contributed by atoms with E-state index in [9.17, 15) is 14.7 Å². The number of nitrogens with zero attached hydrogens (tertiary/aromatic N) is 2. The van der Waals surface area contributed by atoms with E-state index >= 15 is 0 Å². The Hall–Kier alpha value is -2.22. The summed E-state index contributed by atoms with van der Waals surface area (Å²) in [6.07, 6.45) is 1.22. The molecule has 3 heterocycles. The van der Waals surface area contributed by atoms with Gasteiger partial charge in [-0.1, -0.05) is 36.4 Å². The standard InChI is InChI=1S/C20H22N2O4S/c23-18(17-7-4-12-27-17)22-16(19(24)25)14-26-20(22)8-10-21(11-9-20)13-15-5-2-1-3-6-15/h1-7,12,16H,8-11,13-14H2,(H,24,25)/t16-/m0/s1. The highest BCUT2D eigenvalue weighted by atomic mass is 32.1. The van der Waals surface area contributed by atoms with Gasteiger partial charge in [0.2, 0.25) is 0 Å². The number of aliphatic carboxylic acids is 1. The first-order chi connectivity index (χ1) is 13.1. The lowest BCUT2D eigenvalue weighted by Crippen LogP contribution is -2.58. The van der Waals surface area contributed by atoms with Crippen molar-refractivity contribution in [2.24, 2.45) is 0 Å². The first kappa shape index (κ1) is 18.2. The summed E-state index contributed by atoms with van der Waals surface area (Å²) >= 11 is 1.33. The van der Waals surface area contributed by atoms with Crippen LogP contribution in [0.3, 0.4) is 0 Å². The second-order valence-corrected chi connectivity index (χ2v) is 7.97. The zero-order valence-corrected chi connectivity index (χ0v) is 15.7. The van der Waals surface area contributed by atoms with Crippen LogP contribution in [0.4, 0.5) is 0 Å². The maximum absolute atomic E-state index is 13.0. The van der Waals surface area contributed by atoms with E-state index in [1.165, 1.54) is 21.8 Å². The molecule has 2 fully saturated rings. The number of hydrogen-bond donors (Lipinski definition) is 1. The number of piperidine rings is 1. The Labute approximate surface area is 162 Å². The highest BCUT2D eigenvalue weighted by molar-refractivity contribution is 7.12. The van der Waals surface area contributed by atoms with Crippen molar-refractivity contribution in [3.05, 3.63) is 58.3 Å². The van der Waals surface area contributed by atoms with Crippen LogP contribution in [0.25, 0.3) is 0 Å². The smallest absolute Gasteiger partial charge is 0.328 e. The van der Waals surface area contributed by atoms with Crippen LogP contribution in [-0.2, 0) is 16.1 Å². The van der Waals surface area contributed by atoms with Crippen molar-refractivity contribution in [2.75, 3.05) is 19.7 Å². The third kappa shape index (κ3) is 3.50. The minimum Gasteiger partial charge on any atom is -0.480 e. The van der Waals surface area contributed by atoms with Gasteiger partial charge in [0.25, 0.3) is 5.91 Å². The lowest BCUT2D eigenvalue weighted by Gasteiger charge is -2.44. The molecule has 2 saturated heterocycles. The maximum Gasteiger partial charge on any atom is 0.328 e. The van der Waals surface area contributed by atoms with Crippen LogP contribution in [0.1, 0.15) is 28.1 Å². The SMILES string of the molecule is O=C(O)[C@@H]1COC2(CCN(Cc3ccccc3)CC2)N1C(=O)c1cccs1. The molecule has 1 aromatic heterocycles. The number of amides is 1. The number of rotatable bonds is 4. The van der Waals surface area contributed by atoms with Crippen molar-refractivity contribution in [1.82, 2.24) is 9.80 Å². The van der Waals surface area contributed by atoms with Crippen molar-refractivity contribution >= 4 is 23.2 Å². The molecule has 1 amide bonds. The van der Waals surface area contributed by atoms with Crippen LogP contribution >= 0.6 is 11.3 Å². The van der Waals surface area contributed by atoms with E-state index in [1.54, 1.807) is 12.1 Å². The predicted molar refractivity (Wildman–Crippen MR) is 102 cm³/mol. The Kier molecular flexibility index (Phi) is 4.99. The fourth-order valence-corrected chi connectivity index (χ4v) is 4.64. The summed E-state index contributed by atoms with van der Waals surface area (Å²) in [5.74, 6) is -1.25. The van der Waals surface area contributed by atoms with Crippen molar-refractivity contribution in [3.8, 4) is 0 Å². The van der Waals surface area contributed by atoms with Crippen LogP contribution in [0, 0.1) is 0 Å². The molecule has 2 aromatic rings. The first-order valence-electron chi connectivity index (χ1n) is 9.09. The summed E-state index contributed by atoms with van der Waals surface area (Å²) in [5, 5.41) is 11.4. The summed E-state index contributed by atoms with van der Waals surface area (Å²) in [7, 11) is 0. The Morgan fingerprint density at radius 1 is 1.15 bits per heavy atom. The molecule has 0 saturated carbocycles. The van der Waals surface area contributed by atoms with Crippen molar-refractivity contribution in [2.45, 2.75) is 31.2 Å². The van der Waals surface area contributed by atoms with Crippen LogP contribution in [-0.4, -0.2) is 58.2 Å². The normalized spacial score (nSPS) is 22.2. The molecule has 1 aromatic carbocycles. The van der Waals surface area contributed by atoms with Gasteiger partial charge in [-0.15, -0.1) is 11.3 Å². The highest BCUT2D eigenvalue weighted by Gasteiger charge is 2.54. The number of carbonyl (C=O) groups is 2. The summed E-state index contributed by atoms with van der Waals surface area (Å²) in [6, 6.07) is 12.9. The Morgan fingerprint density at radius 3 is 2.52 bits per heavy atom. The lowest BCUT2D eigenvalue weighted by atomic mass is 9.97. The molecular formula is C20H22N2O4S. The van der Waals surface area contributed by atoms with E-state index in [4.69, 9.17) is 4.74 Å². The molecule has 142 valence electrons. The molecule has 1 spiro atoms. The predicted octanol–water partition coefficient (Wildman–Crippen LogP) is 2.67. The van der Waals surface area contributed by atoms with Crippen molar-refractivity contribution < 1.29 is 19.4 Å². The Balaban J connectivity index is 1.51. The number of carboxylic acid groups (broad SMARTS) is 1. The molecule has 1 N–H and O–H groups in total. The van der Waals surface area contributed by atoms with Gasteiger partial charge in [0, 0.05) is 32.5 Å². The molecule has 6 nitrogen and oxygen atoms in total. The zero-order chi connectivity index (χ0) is 18.9. The largest absolute Gasteiger partial charge is 0.480 e. The third-order valence-electron chi connectivity index (χ3n) is 5.38. The highest BCUT2D eigenvalue weighted by Crippen LogP contribution is 2.39. The zero-order valence-electron chi connectivity index (χ0n) is 14.9. The first-order valence-corrected chi connectivity index (χ1v) is 9.97. The molecule has 27 heavy (non-hydrogen) atoms. The van der Waals surface area contributed by atoms with E-state index in [1.807, 2.05) is 23.6 Å². The number of likely N-dealkylation sites (tertiary alicyclic amines) is 1. The summed E-state index contributed by atoms with van der Waals surface area (Å²) in [6.45, 7) is 2.41. The van der Waals surface area contributed by atoms with Gasteiger partial charge in [0.15, 0.2) is 6.04 Å².